The van der Waals surface area contributed by atoms with Crippen molar-refractivity contribution in [3.63, 3.8) is 0 Å². The summed E-state index contributed by atoms with van der Waals surface area (Å²) in [7, 11) is 1.92. The van der Waals surface area contributed by atoms with Crippen molar-refractivity contribution < 1.29 is 9.50 Å². The summed E-state index contributed by atoms with van der Waals surface area (Å²) in [5.41, 5.74) is 1.26. The fourth-order valence-electron chi connectivity index (χ4n) is 2.07. The van der Waals surface area contributed by atoms with E-state index in [-0.39, 0.29) is 11.2 Å². The Morgan fingerprint density at radius 2 is 1.94 bits per heavy atom. The van der Waals surface area contributed by atoms with Gasteiger partial charge in [-0.05, 0) is 24.5 Å². The van der Waals surface area contributed by atoms with Crippen molar-refractivity contribution in [1.82, 2.24) is 0 Å². The number of anilines is 1. The Labute approximate surface area is 103 Å². The van der Waals surface area contributed by atoms with Gasteiger partial charge in [-0.3, -0.25) is 0 Å². The minimum absolute atomic E-state index is 0.122. The average molecular weight is 239 g/mol. The van der Waals surface area contributed by atoms with Crippen LogP contribution in [0.4, 0.5) is 10.1 Å². The molecule has 1 rings (SSSR count). The highest BCUT2D eigenvalue weighted by Gasteiger charge is 2.19. The molecule has 0 aliphatic rings. The van der Waals surface area contributed by atoms with Crippen LogP contribution in [0, 0.1) is 11.2 Å². The van der Waals surface area contributed by atoms with Crippen LogP contribution in [0.3, 0.4) is 0 Å². The Hall–Kier alpha value is -1.09. The molecule has 96 valence electrons. The number of nitrogens with zero attached hydrogens (tertiary/aromatic N) is 1. The minimum atomic E-state index is -0.798. The third kappa shape index (κ3) is 3.70. The Balaban J connectivity index is 3.09. The highest BCUT2D eigenvalue weighted by molar-refractivity contribution is 5.54. The maximum atomic E-state index is 13.7. The van der Waals surface area contributed by atoms with Crippen molar-refractivity contribution in [1.29, 1.82) is 0 Å². The molecule has 1 aromatic rings. The lowest BCUT2D eigenvalue weighted by atomic mass is 9.95. The van der Waals surface area contributed by atoms with E-state index in [0.717, 1.165) is 12.2 Å². The van der Waals surface area contributed by atoms with E-state index < -0.39 is 6.10 Å². The number of benzene rings is 1. The molecule has 17 heavy (non-hydrogen) atoms. The second kappa shape index (κ2) is 5.05. The fraction of sp³-hybridized carbons (Fsp3) is 0.571. The number of hydrogen-bond donors (Lipinski definition) is 1. The predicted octanol–water partition coefficient (Wildman–Crippen LogP) is 3.36. The van der Waals surface area contributed by atoms with Crippen LogP contribution in [-0.4, -0.2) is 18.7 Å². The van der Waals surface area contributed by atoms with E-state index in [4.69, 9.17) is 0 Å². The maximum Gasteiger partial charge on any atom is 0.131 e. The number of aliphatic hydroxyl groups is 1. The molecule has 0 saturated carbocycles. The van der Waals surface area contributed by atoms with E-state index in [9.17, 15) is 9.50 Å². The number of halogens is 1. The summed E-state index contributed by atoms with van der Waals surface area (Å²) in [6.07, 6.45) is -0.798. The standard InChI is InChI=1S/C14H22FNO/c1-10(17)13-11(15)7-6-8-12(13)16(5)9-14(2,3)4/h6-8,10,17H,9H2,1-5H3/t10-/m0/s1. The highest BCUT2D eigenvalue weighted by Crippen LogP contribution is 2.30. The van der Waals surface area contributed by atoms with Crippen molar-refractivity contribution in [2.24, 2.45) is 5.41 Å². The highest BCUT2D eigenvalue weighted by atomic mass is 19.1. The molecule has 0 aliphatic carbocycles. The lowest BCUT2D eigenvalue weighted by molar-refractivity contribution is 0.194. The van der Waals surface area contributed by atoms with E-state index in [2.05, 4.69) is 20.8 Å². The molecule has 0 saturated heterocycles. The normalized spacial score (nSPS) is 13.6. The first-order valence-corrected chi connectivity index (χ1v) is 5.90. The van der Waals surface area contributed by atoms with Crippen LogP contribution in [0.5, 0.6) is 0 Å². The van der Waals surface area contributed by atoms with Crippen molar-refractivity contribution in [2.45, 2.75) is 33.8 Å². The van der Waals surface area contributed by atoms with Crippen molar-refractivity contribution in [3.05, 3.63) is 29.6 Å². The molecule has 0 aliphatic heterocycles. The van der Waals surface area contributed by atoms with Gasteiger partial charge in [0.05, 0.1) is 6.10 Å². The van der Waals surface area contributed by atoms with E-state index in [1.165, 1.54) is 6.07 Å². The van der Waals surface area contributed by atoms with Crippen molar-refractivity contribution >= 4 is 5.69 Å². The van der Waals surface area contributed by atoms with Gasteiger partial charge < -0.3 is 10.0 Å². The van der Waals surface area contributed by atoms with Gasteiger partial charge in [0.25, 0.3) is 0 Å². The first-order valence-electron chi connectivity index (χ1n) is 5.90. The molecule has 0 bridgehead atoms. The van der Waals surface area contributed by atoms with E-state index in [1.807, 2.05) is 18.0 Å². The Morgan fingerprint density at radius 3 is 2.41 bits per heavy atom. The summed E-state index contributed by atoms with van der Waals surface area (Å²) in [5.74, 6) is -0.349. The van der Waals surface area contributed by atoms with Crippen LogP contribution in [0.1, 0.15) is 39.4 Å². The van der Waals surface area contributed by atoms with Crippen LogP contribution < -0.4 is 4.90 Å². The topological polar surface area (TPSA) is 23.5 Å². The molecule has 0 spiro atoms. The molecule has 1 aromatic carbocycles. The molecular weight excluding hydrogens is 217 g/mol. The van der Waals surface area contributed by atoms with Gasteiger partial charge >= 0.3 is 0 Å². The Kier molecular flexibility index (Phi) is 4.15. The van der Waals surface area contributed by atoms with Gasteiger partial charge in [-0.1, -0.05) is 26.8 Å². The Morgan fingerprint density at radius 1 is 1.35 bits per heavy atom. The van der Waals surface area contributed by atoms with Gasteiger partial charge in [-0.2, -0.15) is 0 Å². The minimum Gasteiger partial charge on any atom is -0.389 e. The summed E-state index contributed by atoms with van der Waals surface area (Å²) in [4.78, 5) is 1.99. The maximum absolute atomic E-state index is 13.7. The Bertz CT molecular complexity index is 382. The lowest BCUT2D eigenvalue weighted by Crippen LogP contribution is -2.30. The predicted molar refractivity (Wildman–Crippen MR) is 69.8 cm³/mol. The van der Waals surface area contributed by atoms with Gasteiger partial charge in [0.1, 0.15) is 5.82 Å². The van der Waals surface area contributed by atoms with Crippen LogP contribution >= 0.6 is 0 Å². The van der Waals surface area contributed by atoms with Crippen molar-refractivity contribution in [2.75, 3.05) is 18.5 Å². The molecule has 1 N–H and O–H groups in total. The molecule has 0 radical (unpaired) electrons. The first kappa shape index (κ1) is 14.0. The van der Waals surface area contributed by atoms with Gasteiger partial charge in [-0.25, -0.2) is 4.39 Å². The molecule has 2 nitrogen and oxygen atoms in total. The smallest absolute Gasteiger partial charge is 0.131 e. The summed E-state index contributed by atoms with van der Waals surface area (Å²) >= 11 is 0. The van der Waals surface area contributed by atoms with Crippen LogP contribution in [0.2, 0.25) is 0 Å². The van der Waals surface area contributed by atoms with E-state index in [0.29, 0.717) is 5.56 Å². The molecule has 0 unspecified atom stereocenters. The zero-order valence-corrected chi connectivity index (χ0v) is 11.3. The quantitative estimate of drug-likeness (QED) is 0.874. The number of rotatable bonds is 3. The zero-order chi connectivity index (χ0) is 13.2. The lowest BCUT2D eigenvalue weighted by Gasteiger charge is -2.30. The monoisotopic (exact) mass is 239 g/mol. The summed E-state index contributed by atoms with van der Waals surface area (Å²) in [6, 6.07) is 4.91. The molecular formula is C14H22FNO. The van der Waals surface area contributed by atoms with Gasteiger partial charge in [0.2, 0.25) is 0 Å². The number of hydrogen-bond acceptors (Lipinski definition) is 2. The summed E-state index contributed by atoms with van der Waals surface area (Å²) in [5, 5.41) is 9.67. The summed E-state index contributed by atoms with van der Waals surface area (Å²) < 4.78 is 13.7. The second-order valence-corrected chi connectivity index (χ2v) is 5.77. The second-order valence-electron chi connectivity index (χ2n) is 5.77. The third-order valence-corrected chi connectivity index (χ3v) is 2.57. The molecule has 0 fully saturated rings. The molecule has 0 amide bonds. The van der Waals surface area contributed by atoms with E-state index >= 15 is 0 Å². The molecule has 0 heterocycles. The first-order chi connectivity index (χ1) is 7.72. The van der Waals surface area contributed by atoms with E-state index in [1.54, 1.807) is 13.0 Å². The van der Waals surface area contributed by atoms with Gasteiger partial charge in [0, 0.05) is 24.8 Å². The van der Waals surface area contributed by atoms with Crippen LogP contribution in [0.25, 0.3) is 0 Å². The largest absolute Gasteiger partial charge is 0.389 e. The molecule has 0 aromatic heterocycles. The van der Waals surface area contributed by atoms with Crippen LogP contribution in [-0.2, 0) is 0 Å². The summed E-state index contributed by atoms with van der Waals surface area (Å²) in [6.45, 7) is 8.78. The van der Waals surface area contributed by atoms with Gasteiger partial charge in [0.15, 0.2) is 0 Å². The third-order valence-electron chi connectivity index (χ3n) is 2.57. The van der Waals surface area contributed by atoms with Gasteiger partial charge in [-0.15, -0.1) is 0 Å². The number of aliphatic hydroxyl groups excluding tert-OH is 1. The molecule has 1 atom stereocenters. The average Bonchev–Trinajstić information content (AvgIpc) is 2.13. The zero-order valence-electron chi connectivity index (χ0n) is 11.3. The van der Waals surface area contributed by atoms with Crippen LogP contribution in [0.15, 0.2) is 18.2 Å². The fourth-order valence-corrected chi connectivity index (χ4v) is 2.07. The van der Waals surface area contributed by atoms with Crippen molar-refractivity contribution in [3.8, 4) is 0 Å². The SMILES string of the molecule is C[C@H](O)c1c(F)cccc1N(C)CC(C)(C)C. The molecule has 3 heteroatoms.